The minimum absolute atomic E-state index is 0.412. The van der Waals surface area contributed by atoms with Crippen LogP contribution < -0.4 is 0 Å². The molecule has 1 aliphatic rings. The summed E-state index contributed by atoms with van der Waals surface area (Å²) in [4.78, 5) is 0. The Hall–Kier alpha value is -1.03. The number of rotatable bonds is 3. The first kappa shape index (κ1) is 9.06. The summed E-state index contributed by atoms with van der Waals surface area (Å²) in [5, 5.41) is 0. The van der Waals surface area contributed by atoms with E-state index in [1.807, 2.05) is 13.0 Å². The summed E-state index contributed by atoms with van der Waals surface area (Å²) in [5.41, 5.74) is 1.95. The average Bonchev–Trinajstić information content (AvgIpc) is 2.83. The summed E-state index contributed by atoms with van der Waals surface area (Å²) >= 11 is 0. The molecule has 0 heterocycles. The SMILES string of the molecule is C#C/C(=C\C(C)=C/CF)C1CC1. The van der Waals surface area contributed by atoms with Crippen LogP contribution in [0.3, 0.4) is 0 Å². The van der Waals surface area contributed by atoms with Crippen molar-refractivity contribution in [1.82, 2.24) is 0 Å². The Kier molecular flexibility index (Phi) is 3.10. The molecule has 0 radical (unpaired) electrons. The van der Waals surface area contributed by atoms with Crippen LogP contribution in [0, 0.1) is 18.3 Å². The molecule has 64 valence electrons. The van der Waals surface area contributed by atoms with Gasteiger partial charge in [-0.3, -0.25) is 0 Å². The molecule has 1 aliphatic carbocycles. The van der Waals surface area contributed by atoms with Crippen molar-refractivity contribution in [2.24, 2.45) is 5.92 Å². The van der Waals surface area contributed by atoms with Crippen LogP contribution in [0.25, 0.3) is 0 Å². The van der Waals surface area contributed by atoms with E-state index in [0.29, 0.717) is 5.92 Å². The van der Waals surface area contributed by atoms with Gasteiger partial charge in [-0.05, 0) is 31.8 Å². The van der Waals surface area contributed by atoms with Crippen LogP contribution in [-0.4, -0.2) is 6.67 Å². The van der Waals surface area contributed by atoms with E-state index in [1.54, 1.807) is 6.08 Å². The molecular formula is C11H13F. The highest BCUT2D eigenvalue weighted by Gasteiger charge is 2.24. The molecule has 0 N–H and O–H groups in total. The summed E-state index contributed by atoms with van der Waals surface area (Å²) in [6.45, 7) is 1.46. The monoisotopic (exact) mass is 164 g/mol. The molecule has 1 rings (SSSR count). The maximum atomic E-state index is 11.9. The molecule has 0 atom stereocenters. The third-order valence-electron chi connectivity index (χ3n) is 1.97. The summed E-state index contributed by atoms with van der Waals surface area (Å²) in [6, 6.07) is 0. The van der Waals surface area contributed by atoms with Crippen molar-refractivity contribution in [3.05, 3.63) is 23.3 Å². The molecule has 1 heteroatoms. The molecule has 0 amide bonds. The van der Waals surface area contributed by atoms with Gasteiger partial charge in [-0.15, -0.1) is 6.42 Å². The Morgan fingerprint density at radius 2 is 2.33 bits per heavy atom. The molecule has 0 saturated heterocycles. The van der Waals surface area contributed by atoms with E-state index in [9.17, 15) is 4.39 Å². The molecule has 0 aromatic heterocycles. The second kappa shape index (κ2) is 4.11. The number of hydrogen-bond acceptors (Lipinski definition) is 0. The zero-order chi connectivity index (χ0) is 8.97. The van der Waals surface area contributed by atoms with Crippen LogP contribution in [0.15, 0.2) is 23.3 Å². The molecule has 0 nitrogen and oxygen atoms in total. The zero-order valence-electron chi connectivity index (χ0n) is 7.31. The molecule has 12 heavy (non-hydrogen) atoms. The molecule has 0 unspecified atom stereocenters. The van der Waals surface area contributed by atoms with Crippen molar-refractivity contribution in [2.75, 3.05) is 6.67 Å². The maximum Gasteiger partial charge on any atom is 0.108 e. The average molecular weight is 164 g/mol. The van der Waals surface area contributed by atoms with Gasteiger partial charge in [-0.2, -0.15) is 0 Å². The fourth-order valence-corrected chi connectivity index (χ4v) is 1.10. The van der Waals surface area contributed by atoms with Crippen molar-refractivity contribution in [1.29, 1.82) is 0 Å². The van der Waals surface area contributed by atoms with Gasteiger partial charge in [0.1, 0.15) is 6.67 Å². The van der Waals surface area contributed by atoms with Crippen LogP contribution >= 0.6 is 0 Å². The molecule has 1 fully saturated rings. The molecule has 0 aromatic rings. The lowest BCUT2D eigenvalue weighted by Gasteiger charge is -1.95. The Morgan fingerprint density at radius 3 is 2.75 bits per heavy atom. The summed E-state index contributed by atoms with van der Waals surface area (Å²) in [5.74, 6) is 3.23. The van der Waals surface area contributed by atoms with Gasteiger partial charge in [0.15, 0.2) is 0 Å². The molecule has 0 spiro atoms. The number of alkyl halides is 1. The summed E-state index contributed by atoms with van der Waals surface area (Å²) < 4.78 is 11.9. The Morgan fingerprint density at radius 1 is 1.67 bits per heavy atom. The van der Waals surface area contributed by atoms with Crippen molar-refractivity contribution in [2.45, 2.75) is 19.8 Å². The summed E-state index contributed by atoms with van der Waals surface area (Å²) in [6.07, 6.45) is 11.2. The van der Waals surface area contributed by atoms with Crippen LogP contribution in [0.4, 0.5) is 4.39 Å². The number of hydrogen-bond donors (Lipinski definition) is 0. The Balaban J connectivity index is 2.64. The second-order valence-electron chi connectivity index (χ2n) is 3.12. The van der Waals surface area contributed by atoms with Crippen LogP contribution in [0.5, 0.6) is 0 Å². The maximum absolute atomic E-state index is 11.9. The normalized spacial score (nSPS) is 19.1. The van der Waals surface area contributed by atoms with Crippen LogP contribution in [-0.2, 0) is 0 Å². The van der Waals surface area contributed by atoms with Gasteiger partial charge in [0.05, 0.1) is 0 Å². The highest BCUT2D eigenvalue weighted by atomic mass is 19.1. The number of halogens is 1. The van der Waals surface area contributed by atoms with Gasteiger partial charge in [0.2, 0.25) is 0 Å². The van der Waals surface area contributed by atoms with Gasteiger partial charge in [-0.1, -0.05) is 17.6 Å². The van der Waals surface area contributed by atoms with E-state index in [1.165, 1.54) is 12.8 Å². The Labute approximate surface area is 73.2 Å². The van der Waals surface area contributed by atoms with E-state index in [-0.39, 0.29) is 0 Å². The van der Waals surface area contributed by atoms with Gasteiger partial charge < -0.3 is 0 Å². The van der Waals surface area contributed by atoms with E-state index in [2.05, 4.69) is 5.92 Å². The third kappa shape index (κ3) is 2.54. The first-order chi connectivity index (χ1) is 5.77. The van der Waals surface area contributed by atoms with Crippen molar-refractivity contribution in [3.8, 4) is 12.3 Å². The second-order valence-corrected chi connectivity index (χ2v) is 3.12. The third-order valence-corrected chi connectivity index (χ3v) is 1.97. The first-order valence-corrected chi connectivity index (χ1v) is 4.19. The zero-order valence-corrected chi connectivity index (χ0v) is 7.31. The van der Waals surface area contributed by atoms with E-state index >= 15 is 0 Å². The molecule has 0 aromatic carbocycles. The van der Waals surface area contributed by atoms with Gasteiger partial charge >= 0.3 is 0 Å². The number of terminal acetylenes is 1. The fourth-order valence-electron chi connectivity index (χ4n) is 1.10. The van der Waals surface area contributed by atoms with Crippen LogP contribution in [0.1, 0.15) is 19.8 Å². The molecular weight excluding hydrogens is 151 g/mol. The van der Waals surface area contributed by atoms with Gasteiger partial charge in [-0.25, -0.2) is 4.39 Å². The number of allylic oxidation sites excluding steroid dienone is 4. The quantitative estimate of drug-likeness (QED) is 0.444. The smallest absolute Gasteiger partial charge is 0.108 e. The molecule has 1 saturated carbocycles. The highest BCUT2D eigenvalue weighted by Crippen LogP contribution is 2.36. The predicted molar refractivity (Wildman–Crippen MR) is 49.4 cm³/mol. The van der Waals surface area contributed by atoms with Crippen molar-refractivity contribution >= 4 is 0 Å². The van der Waals surface area contributed by atoms with Gasteiger partial charge in [0.25, 0.3) is 0 Å². The minimum atomic E-state index is -0.412. The lowest BCUT2D eigenvalue weighted by atomic mass is 10.1. The minimum Gasteiger partial charge on any atom is -0.247 e. The van der Waals surface area contributed by atoms with E-state index in [4.69, 9.17) is 6.42 Å². The lowest BCUT2D eigenvalue weighted by molar-refractivity contribution is 0.560. The lowest BCUT2D eigenvalue weighted by Crippen LogP contribution is -1.82. The van der Waals surface area contributed by atoms with E-state index in [0.717, 1.165) is 11.1 Å². The molecule has 0 aliphatic heterocycles. The van der Waals surface area contributed by atoms with Crippen molar-refractivity contribution in [3.63, 3.8) is 0 Å². The van der Waals surface area contributed by atoms with Crippen molar-refractivity contribution < 1.29 is 4.39 Å². The standard InChI is InChI=1S/C11H13F/c1-3-10(11-4-5-11)8-9(2)6-7-12/h1,6,8,11H,4-5,7H2,2H3/b9-6-,10-8+. The fraction of sp³-hybridized carbons (Fsp3) is 0.455. The first-order valence-electron chi connectivity index (χ1n) is 4.19. The van der Waals surface area contributed by atoms with E-state index < -0.39 is 6.67 Å². The van der Waals surface area contributed by atoms with Gasteiger partial charge in [0, 0.05) is 5.57 Å². The highest BCUT2D eigenvalue weighted by molar-refractivity contribution is 5.37. The van der Waals surface area contributed by atoms with Crippen LogP contribution in [0.2, 0.25) is 0 Å². The Bertz CT molecular complexity index is 249. The largest absolute Gasteiger partial charge is 0.247 e. The predicted octanol–water partition coefficient (Wildman–Crippen LogP) is 2.87. The topological polar surface area (TPSA) is 0 Å². The molecule has 0 bridgehead atoms. The summed E-state index contributed by atoms with van der Waals surface area (Å²) in [7, 11) is 0.